The van der Waals surface area contributed by atoms with Gasteiger partial charge in [-0.05, 0) is 0 Å². The van der Waals surface area contributed by atoms with E-state index in [-0.39, 0.29) is 4.87 Å². The summed E-state index contributed by atoms with van der Waals surface area (Å²) in [5, 5.41) is 2.56. The van der Waals surface area contributed by atoms with Gasteiger partial charge in [-0.2, -0.15) is 0 Å². The van der Waals surface area contributed by atoms with Gasteiger partial charge in [-0.15, -0.1) is 0 Å². The highest BCUT2D eigenvalue weighted by atomic mass is 32.1. The lowest BCUT2D eigenvalue weighted by molar-refractivity contribution is -0.711. The Kier molecular flexibility index (Phi) is 1.71. The van der Waals surface area contributed by atoms with Crippen LogP contribution in [0.4, 0.5) is 0 Å². The molecule has 2 rings (SSSR count). The van der Waals surface area contributed by atoms with E-state index in [1.54, 1.807) is 0 Å². The monoisotopic (exact) mass is 180 g/mol. The van der Waals surface area contributed by atoms with E-state index in [2.05, 4.69) is 9.59 Å². The Hall–Kier alpha value is -1.49. The van der Waals surface area contributed by atoms with E-state index >= 15 is 0 Å². The zero-order valence-corrected chi connectivity index (χ0v) is 6.91. The summed E-state index contributed by atoms with van der Waals surface area (Å²) in [5.41, 5.74) is 0.857. The van der Waals surface area contributed by atoms with E-state index in [9.17, 15) is 4.79 Å². The molecule has 1 aromatic carbocycles. The Morgan fingerprint density at radius 1 is 1.33 bits per heavy atom. The fraction of sp³-hybridized carbons (Fsp3) is 0. The van der Waals surface area contributed by atoms with E-state index in [4.69, 9.17) is 0 Å². The van der Waals surface area contributed by atoms with Crippen molar-refractivity contribution in [2.24, 2.45) is 0 Å². The topological polar surface area (TPSA) is 49.6 Å². The number of aromatic amines is 1. The molecule has 0 aliphatic heterocycles. The minimum atomic E-state index is -0.154. The van der Waals surface area contributed by atoms with Crippen LogP contribution in [0.5, 0.6) is 0 Å². The molecule has 0 radical (unpaired) electrons. The molecule has 0 amide bonds. The maximum absolute atomic E-state index is 10.7. The van der Waals surface area contributed by atoms with Crippen molar-refractivity contribution in [3.8, 4) is 5.69 Å². The van der Waals surface area contributed by atoms with Crippen molar-refractivity contribution in [1.82, 2.24) is 9.59 Å². The first-order valence-electron chi connectivity index (χ1n) is 3.40. The van der Waals surface area contributed by atoms with Gasteiger partial charge in [0.1, 0.15) is 16.0 Å². The molecule has 5 heteroatoms. The predicted octanol–water partition coefficient (Wildman–Crippen LogP) is 0.108. The van der Waals surface area contributed by atoms with Crippen LogP contribution in [0, 0.1) is 0 Å². The SMILES string of the molecule is O=c1[nH][n+](-c2ccccc2)ns1. The number of H-pyrrole nitrogens is 1. The summed E-state index contributed by atoms with van der Waals surface area (Å²) in [6.07, 6.45) is 0. The smallest absolute Gasteiger partial charge is 0.250 e. The van der Waals surface area contributed by atoms with Crippen molar-refractivity contribution in [2.75, 3.05) is 0 Å². The van der Waals surface area contributed by atoms with Gasteiger partial charge in [0.2, 0.25) is 0 Å². The predicted molar refractivity (Wildman–Crippen MR) is 44.3 cm³/mol. The van der Waals surface area contributed by atoms with Gasteiger partial charge in [0.15, 0.2) is 0 Å². The van der Waals surface area contributed by atoms with Crippen LogP contribution in [0.2, 0.25) is 0 Å². The van der Waals surface area contributed by atoms with Gasteiger partial charge < -0.3 is 0 Å². The quantitative estimate of drug-likeness (QED) is 0.633. The molecule has 0 spiro atoms. The number of nitrogens with zero attached hydrogens (tertiary/aromatic N) is 2. The molecule has 1 aromatic heterocycles. The average molecular weight is 180 g/mol. The van der Waals surface area contributed by atoms with Crippen molar-refractivity contribution < 1.29 is 4.80 Å². The van der Waals surface area contributed by atoms with Crippen LogP contribution in [-0.2, 0) is 0 Å². The highest BCUT2D eigenvalue weighted by molar-refractivity contribution is 7.02. The number of hydrogen-bond donors (Lipinski definition) is 1. The lowest BCUT2D eigenvalue weighted by Gasteiger charge is -1.82. The largest absolute Gasteiger partial charge is 0.379 e. The summed E-state index contributed by atoms with van der Waals surface area (Å²) < 4.78 is 3.88. The molecule has 1 N–H and O–H groups in total. The maximum atomic E-state index is 10.7. The van der Waals surface area contributed by atoms with E-state index in [0.717, 1.165) is 17.2 Å². The van der Waals surface area contributed by atoms with Crippen molar-refractivity contribution in [1.29, 1.82) is 0 Å². The van der Waals surface area contributed by atoms with E-state index < -0.39 is 0 Å². The summed E-state index contributed by atoms with van der Waals surface area (Å²) in [7, 11) is 0. The number of hydrogen-bond acceptors (Lipinski definition) is 3. The standard InChI is InChI=1S/C7H5N3OS/c11-7-8-10(9-12-7)6-4-2-1-3-5-6/h1-5H/p+1. The van der Waals surface area contributed by atoms with Crippen LogP contribution in [0.3, 0.4) is 0 Å². The molecule has 0 aliphatic carbocycles. The van der Waals surface area contributed by atoms with E-state index in [1.165, 1.54) is 4.80 Å². The summed E-state index contributed by atoms with van der Waals surface area (Å²) in [4.78, 5) is 12.0. The molecular weight excluding hydrogens is 174 g/mol. The van der Waals surface area contributed by atoms with Gasteiger partial charge in [-0.1, -0.05) is 23.3 Å². The van der Waals surface area contributed by atoms with Crippen LogP contribution < -0.4 is 9.67 Å². The van der Waals surface area contributed by atoms with Crippen LogP contribution in [0.25, 0.3) is 5.69 Å². The third-order valence-electron chi connectivity index (χ3n) is 1.40. The third-order valence-corrected chi connectivity index (χ3v) is 1.91. The second-order valence-electron chi connectivity index (χ2n) is 2.22. The minimum Gasteiger partial charge on any atom is -0.250 e. The Morgan fingerprint density at radius 2 is 2.08 bits per heavy atom. The molecule has 0 unspecified atom stereocenters. The highest BCUT2D eigenvalue weighted by Gasteiger charge is 2.08. The van der Waals surface area contributed by atoms with Crippen LogP contribution >= 0.6 is 11.5 Å². The molecule has 0 aliphatic rings. The van der Waals surface area contributed by atoms with Gasteiger partial charge in [-0.25, -0.2) is 4.79 Å². The first-order valence-corrected chi connectivity index (χ1v) is 4.17. The second-order valence-corrected chi connectivity index (χ2v) is 2.94. The fourth-order valence-corrected chi connectivity index (χ4v) is 1.30. The van der Waals surface area contributed by atoms with Crippen LogP contribution in [-0.4, -0.2) is 9.59 Å². The Bertz CT molecular complexity index is 419. The van der Waals surface area contributed by atoms with Crippen LogP contribution in [0.1, 0.15) is 0 Å². The van der Waals surface area contributed by atoms with Crippen molar-refractivity contribution in [3.63, 3.8) is 0 Å². The summed E-state index contributed by atoms with van der Waals surface area (Å²) in [5.74, 6) is 0. The normalized spacial score (nSPS) is 10.0. The van der Waals surface area contributed by atoms with Gasteiger partial charge >= 0.3 is 4.87 Å². The molecule has 0 saturated carbocycles. The Labute approximate surface area is 72.2 Å². The van der Waals surface area contributed by atoms with Crippen LogP contribution in [0.15, 0.2) is 35.1 Å². The minimum absolute atomic E-state index is 0.154. The number of rotatable bonds is 1. The highest BCUT2D eigenvalue weighted by Crippen LogP contribution is 1.93. The van der Waals surface area contributed by atoms with Gasteiger partial charge in [0.05, 0.1) is 4.80 Å². The van der Waals surface area contributed by atoms with Crippen molar-refractivity contribution in [2.45, 2.75) is 0 Å². The Balaban J connectivity index is 2.51. The first kappa shape index (κ1) is 7.17. The summed E-state index contributed by atoms with van der Waals surface area (Å²) >= 11 is 0.901. The molecule has 0 atom stereocenters. The Morgan fingerprint density at radius 3 is 2.67 bits per heavy atom. The lowest BCUT2D eigenvalue weighted by Crippen LogP contribution is -2.37. The molecule has 12 heavy (non-hydrogen) atoms. The molecule has 60 valence electrons. The number of para-hydroxylation sites is 1. The van der Waals surface area contributed by atoms with Gasteiger partial charge in [0, 0.05) is 12.1 Å². The molecule has 0 bridgehead atoms. The van der Waals surface area contributed by atoms with Gasteiger partial charge in [-0.3, -0.25) is 0 Å². The van der Waals surface area contributed by atoms with E-state index in [0.29, 0.717) is 0 Å². The molecule has 1 heterocycles. The van der Waals surface area contributed by atoms with E-state index in [1.807, 2.05) is 30.3 Å². The summed E-state index contributed by atoms with van der Waals surface area (Å²) in [6.45, 7) is 0. The first-order chi connectivity index (χ1) is 5.86. The van der Waals surface area contributed by atoms with Crippen molar-refractivity contribution >= 4 is 11.5 Å². The number of benzene rings is 1. The lowest BCUT2D eigenvalue weighted by atomic mass is 10.3. The molecule has 0 saturated heterocycles. The zero-order chi connectivity index (χ0) is 8.39. The van der Waals surface area contributed by atoms with Crippen molar-refractivity contribution in [3.05, 3.63) is 40.0 Å². The average Bonchev–Trinajstić information content (AvgIpc) is 2.54. The molecular formula is C7H6N3OS+. The van der Waals surface area contributed by atoms with Gasteiger partial charge in [0.25, 0.3) is 5.69 Å². The zero-order valence-electron chi connectivity index (χ0n) is 6.10. The second kappa shape index (κ2) is 2.86. The maximum Gasteiger partial charge on any atom is 0.379 e. The molecule has 0 fully saturated rings. The fourth-order valence-electron chi connectivity index (χ4n) is 0.886. The molecule has 2 aromatic rings. The third kappa shape index (κ3) is 1.26. The number of aromatic nitrogens is 3. The molecule has 4 nitrogen and oxygen atoms in total. The number of nitrogens with one attached hydrogen (secondary N) is 1. The summed E-state index contributed by atoms with van der Waals surface area (Å²) in [6, 6.07) is 9.43.